The highest BCUT2D eigenvalue weighted by Crippen LogP contribution is 2.41. The summed E-state index contributed by atoms with van der Waals surface area (Å²) in [6.07, 6.45) is 0.548. The first-order valence-corrected chi connectivity index (χ1v) is 11.0. The second-order valence-corrected chi connectivity index (χ2v) is 8.18. The van der Waals surface area contributed by atoms with Crippen molar-refractivity contribution in [2.45, 2.75) is 12.5 Å². The Morgan fingerprint density at radius 2 is 1.62 bits per heavy atom. The molecule has 34 heavy (non-hydrogen) atoms. The lowest BCUT2D eigenvalue weighted by Crippen LogP contribution is -2.31. The topological polar surface area (TPSA) is 96.3 Å². The van der Waals surface area contributed by atoms with Gasteiger partial charge in [0.2, 0.25) is 0 Å². The predicted molar refractivity (Wildman–Crippen MR) is 125 cm³/mol. The van der Waals surface area contributed by atoms with Crippen LogP contribution in [0, 0.1) is 0 Å². The summed E-state index contributed by atoms with van der Waals surface area (Å²) in [6.45, 7) is 1.11. The zero-order chi connectivity index (χ0) is 23.7. The van der Waals surface area contributed by atoms with Crippen LogP contribution in [-0.2, 0) is 16.0 Å². The third-order valence-corrected chi connectivity index (χ3v) is 6.05. The van der Waals surface area contributed by atoms with Crippen molar-refractivity contribution >= 4 is 17.4 Å². The summed E-state index contributed by atoms with van der Waals surface area (Å²) in [5, 5.41) is 21.0. The lowest BCUT2D eigenvalue weighted by Gasteiger charge is -2.25. The summed E-state index contributed by atoms with van der Waals surface area (Å²) >= 11 is 0. The van der Waals surface area contributed by atoms with Crippen LogP contribution in [0.25, 0.3) is 5.76 Å². The van der Waals surface area contributed by atoms with E-state index >= 15 is 0 Å². The number of benzene rings is 3. The molecule has 1 atom stereocenters. The number of aliphatic hydroxyl groups is 1. The predicted octanol–water partition coefficient (Wildman–Crippen LogP) is 3.83. The molecule has 0 saturated carbocycles. The Balaban J connectivity index is 1.57. The van der Waals surface area contributed by atoms with Gasteiger partial charge in [-0.3, -0.25) is 9.59 Å². The van der Waals surface area contributed by atoms with Gasteiger partial charge in [0.1, 0.15) is 24.7 Å². The lowest BCUT2D eigenvalue weighted by atomic mass is 9.95. The molecule has 2 aliphatic rings. The molecule has 0 spiro atoms. The number of phenols is 1. The van der Waals surface area contributed by atoms with Crippen molar-refractivity contribution in [3.8, 4) is 17.2 Å². The van der Waals surface area contributed by atoms with Crippen molar-refractivity contribution in [1.29, 1.82) is 0 Å². The standard InChI is InChI=1S/C27H23NO6/c29-20-9-6-18(7-10-20)24-23(25(30)19-8-11-21-22(16-19)34-15-14-33-21)26(31)27(32)28(24)13-12-17-4-2-1-3-5-17/h1-11,16,24,29-30H,12-15H2/b25-23-. The molecule has 2 N–H and O–H groups in total. The summed E-state index contributed by atoms with van der Waals surface area (Å²) in [6, 6.07) is 20.1. The average molecular weight is 457 g/mol. The first-order chi connectivity index (χ1) is 16.5. The fraction of sp³-hybridized carbons (Fsp3) is 0.185. The van der Waals surface area contributed by atoms with Gasteiger partial charge in [0.05, 0.1) is 11.6 Å². The smallest absolute Gasteiger partial charge is 0.295 e. The molecule has 7 nitrogen and oxygen atoms in total. The molecular formula is C27H23NO6. The number of nitrogens with zero attached hydrogens (tertiary/aromatic N) is 1. The van der Waals surface area contributed by atoms with Gasteiger partial charge in [-0.1, -0.05) is 42.5 Å². The number of fused-ring (bicyclic) bond motifs is 1. The number of phenolic OH excluding ortho intramolecular Hbond substituents is 1. The number of hydrogen-bond donors (Lipinski definition) is 2. The van der Waals surface area contributed by atoms with Gasteiger partial charge in [-0.25, -0.2) is 0 Å². The van der Waals surface area contributed by atoms with E-state index in [1.165, 1.54) is 17.0 Å². The molecule has 2 heterocycles. The van der Waals surface area contributed by atoms with Crippen molar-refractivity contribution in [3.63, 3.8) is 0 Å². The minimum atomic E-state index is -0.794. The number of carbonyl (C=O) groups is 2. The third-order valence-electron chi connectivity index (χ3n) is 6.05. The highest BCUT2D eigenvalue weighted by atomic mass is 16.6. The zero-order valence-electron chi connectivity index (χ0n) is 18.3. The number of rotatable bonds is 5. The minimum absolute atomic E-state index is 0.000397. The Hall–Kier alpha value is -4.26. The van der Waals surface area contributed by atoms with Crippen LogP contribution in [0.4, 0.5) is 0 Å². The normalized spacial score (nSPS) is 18.8. The summed E-state index contributed by atoms with van der Waals surface area (Å²) in [5.74, 6) is -0.616. The SMILES string of the molecule is O=C1C(=O)N(CCc2ccccc2)C(c2ccc(O)cc2)/C1=C(/O)c1ccc2c(c1)OCCO2. The van der Waals surface area contributed by atoms with Crippen molar-refractivity contribution in [2.24, 2.45) is 0 Å². The van der Waals surface area contributed by atoms with Crippen molar-refractivity contribution in [3.05, 3.63) is 95.1 Å². The maximum Gasteiger partial charge on any atom is 0.295 e. The van der Waals surface area contributed by atoms with Crippen LogP contribution in [0.5, 0.6) is 17.2 Å². The molecule has 2 aliphatic heterocycles. The average Bonchev–Trinajstić information content (AvgIpc) is 3.12. The third kappa shape index (κ3) is 3.96. The molecule has 1 amide bonds. The first kappa shape index (κ1) is 21.6. The largest absolute Gasteiger partial charge is 0.508 e. The molecule has 0 radical (unpaired) electrons. The summed E-state index contributed by atoms with van der Waals surface area (Å²) in [5.41, 5.74) is 2.00. The molecule has 1 unspecified atom stereocenters. The molecule has 0 aromatic heterocycles. The van der Waals surface area contributed by atoms with Gasteiger partial charge in [-0.2, -0.15) is 0 Å². The molecule has 7 heteroatoms. The Morgan fingerprint density at radius 3 is 2.35 bits per heavy atom. The molecular weight excluding hydrogens is 434 g/mol. The van der Waals surface area contributed by atoms with Crippen LogP contribution in [0.1, 0.15) is 22.7 Å². The second kappa shape index (κ2) is 8.94. The van der Waals surface area contributed by atoms with E-state index in [1.807, 2.05) is 30.3 Å². The van der Waals surface area contributed by atoms with E-state index in [0.29, 0.717) is 42.3 Å². The molecule has 1 fully saturated rings. The minimum Gasteiger partial charge on any atom is -0.508 e. The number of aliphatic hydroxyl groups excluding tert-OH is 1. The number of amides is 1. The fourth-order valence-electron chi connectivity index (χ4n) is 4.35. The Morgan fingerprint density at radius 1 is 0.912 bits per heavy atom. The van der Waals surface area contributed by atoms with E-state index in [9.17, 15) is 19.8 Å². The summed E-state index contributed by atoms with van der Waals surface area (Å²) in [4.78, 5) is 27.7. The van der Waals surface area contributed by atoms with Crippen molar-refractivity contribution < 1.29 is 29.3 Å². The second-order valence-electron chi connectivity index (χ2n) is 8.18. The highest BCUT2D eigenvalue weighted by molar-refractivity contribution is 6.46. The molecule has 0 aliphatic carbocycles. The number of likely N-dealkylation sites (tertiary alicyclic amines) is 1. The van der Waals surface area contributed by atoms with Crippen LogP contribution >= 0.6 is 0 Å². The fourth-order valence-corrected chi connectivity index (χ4v) is 4.35. The highest BCUT2D eigenvalue weighted by Gasteiger charge is 2.45. The number of ketones is 1. The van der Waals surface area contributed by atoms with Gasteiger partial charge in [0.15, 0.2) is 11.5 Å². The van der Waals surface area contributed by atoms with E-state index in [1.54, 1.807) is 30.3 Å². The Kier molecular flexibility index (Phi) is 5.67. The van der Waals surface area contributed by atoms with Crippen LogP contribution in [0.3, 0.4) is 0 Å². The van der Waals surface area contributed by atoms with E-state index < -0.39 is 17.7 Å². The van der Waals surface area contributed by atoms with Crippen molar-refractivity contribution in [1.82, 2.24) is 4.90 Å². The summed E-state index contributed by atoms with van der Waals surface area (Å²) in [7, 11) is 0. The maximum atomic E-state index is 13.2. The molecule has 0 bridgehead atoms. The number of aromatic hydroxyl groups is 1. The monoisotopic (exact) mass is 457 g/mol. The van der Waals surface area contributed by atoms with Gasteiger partial charge in [-0.15, -0.1) is 0 Å². The maximum absolute atomic E-state index is 13.2. The van der Waals surface area contributed by atoms with E-state index in [4.69, 9.17) is 9.47 Å². The molecule has 1 saturated heterocycles. The van der Waals surface area contributed by atoms with E-state index in [2.05, 4.69) is 0 Å². The number of carbonyl (C=O) groups excluding carboxylic acids is 2. The lowest BCUT2D eigenvalue weighted by molar-refractivity contribution is -0.139. The van der Waals surface area contributed by atoms with Crippen LogP contribution < -0.4 is 9.47 Å². The molecule has 172 valence electrons. The Labute approximate surface area is 196 Å². The van der Waals surface area contributed by atoms with Crippen LogP contribution in [-0.4, -0.2) is 46.6 Å². The van der Waals surface area contributed by atoms with Gasteiger partial charge in [0, 0.05) is 12.1 Å². The van der Waals surface area contributed by atoms with Gasteiger partial charge < -0.3 is 24.6 Å². The van der Waals surface area contributed by atoms with E-state index in [0.717, 1.165) is 5.56 Å². The molecule has 3 aromatic carbocycles. The van der Waals surface area contributed by atoms with Gasteiger partial charge in [-0.05, 0) is 47.9 Å². The van der Waals surface area contributed by atoms with E-state index in [-0.39, 0.29) is 23.6 Å². The van der Waals surface area contributed by atoms with Crippen molar-refractivity contribution in [2.75, 3.05) is 19.8 Å². The zero-order valence-corrected chi connectivity index (χ0v) is 18.3. The van der Waals surface area contributed by atoms with Crippen LogP contribution in [0.2, 0.25) is 0 Å². The summed E-state index contributed by atoms with van der Waals surface area (Å²) < 4.78 is 11.1. The number of Topliss-reactive ketones (excluding diaryl/α,β-unsaturated/α-hetero) is 1. The quantitative estimate of drug-likeness (QED) is 0.344. The van der Waals surface area contributed by atoms with Crippen LogP contribution in [0.15, 0.2) is 78.4 Å². The molecule has 3 aromatic rings. The first-order valence-electron chi connectivity index (χ1n) is 11.0. The van der Waals surface area contributed by atoms with Gasteiger partial charge in [0.25, 0.3) is 11.7 Å². The Bertz CT molecular complexity index is 1270. The number of hydrogen-bond acceptors (Lipinski definition) is 6. The van der Waals surface area contributed by atoms with Gasteiger partial charge >= 0.3 is 0 Å². The number of ether oxygens (including phenoxy) is 2. The molecule has 5 rings (SSSR count).